The summed E-state index contributed by atoms with van der Waals surface area (Å²) < 4.78 is 39.3. The number of urea groups is 1. The average molecular weight is 602 g/mol. The number of amides is 3. The van der Waals surface area contributed by atoms with Crippen LogP contribution in [0.1, 0.15) is 12.5 Å². The molecule has 11 heteroatoms. The molecule has 3 amide bonds. The van der Waals surface area contributed by atoms with E-state index in [1.54, 1.807) is 47.9 Å². The van der Waals surface area contributed by atoms with Crippen LogP contribution >= 0.6 is 35.1 Å². The minimum Gasteiger partial charge on any atom is -0.324 e. The van der Waals surface area contributed by atoms with E-state index in [4.69, 9.17) is 11.6 Å². The van der Waals surface area contributed by atoms with Gasteiger partial charge in [-0.2, -0.15) is 13.2 Å². The van der Waals surface area contributed by atoms with Crippen LogP contribution < -0.4 is 15.5 Å². The van der Waals surface area contributed by atoms with E-state index in [0.29, 0.717) is 10.6 Å². The maximum atomic E-state index is 13.5. The van der Waals surface area contributed by atoms with Crippen LogP contribution in [0.3, 0.4) is 0 Å². The molecule has 3 aromatic rings. The Labute approximate surface area is 242 Å². The maximum absolute atomic E-state index is 13.5. The topological polar surface area (TPSA) is 61.4 Å². The van der Waals surface area contributed by atoms with Crippen molar-refractivity contribution >= 4 is 64.1 Å². The first-order valence-corrected chi connectivity index (χ1v) is 14.4. The van der Waals surface area contributed by atoms with Gasteiger partial charge in [0.2, 0.25) is 5.91 Å². The van der Waals surface area contributed by atoms with Gasteiger partial charge in [0.1, 0.15) is 0 Å². The number of anilines is 3. The van der Waals surface area contributed by atoms with E-state index < -0.39 is 22.9 Å². The smallest absolute Gasteiger partial charge is 0.324 e. The van der Waals surface area contributed by atoms with Gasteiger partial charge in [-0.15, -0.1) is 23.5 Å². The van der Waals surface area contributed by atoms with Crippen LogP contribution in [0.15, 0.2) is 101 Å². The first-order chi connectivity index (χ1) is 19.1. The molecule has 0 spiro atoms. The van der Waals surface area contributed by atoms with Crippen molar-refractivity contribution in [2.45, 2.75) is 39.4 Å². The molecule has 0 aromatic heterocycles. The number of halogens is 4. The van der Waals surface area contributed by atoms with Gasteiger partial charge in [-0.25, -0.2) is 4.79 Å². The van der Waals surface area contributed by atoms with Gasteiger partial charge >= 0.3 is 12.2 Å². The van der Waals surface area contributed by atoms with Gasteiger partial charge in [0.05, 0.1) is 38.5 Å². The largest absolute Gasteiger partial charge is 0.416 e. The number of rotatable bonds is 5. The molecule has 0 bridgehead atoms. The predicted molar refractivity (Wildman–Crippen MR) is 156 cm³/mol. The minimum atomic E-state index is -4.56. The van der Waals surface area contributed by atoms with E-state index >= 15 is 0 Å². The van der Waals surface area contributed by atoms with Crippen LogP contribution in [0.4, 0.5) is 35.0 Å². The van der Waals surface area contributed by atoms with Gasteiger partial charge in [0.25, 0.3) is 0 Å². The molecule has 3 atom stereocenters. The lowest BCUT2D eigenvalue weighted by Crippen LogP contribution is -2.49. The standard InChI is InChI=1S/C29H23ClF3N3O2S2/c1-17(27(37)35-22-15-18(29(31,32)33)13-14-21(22)30)39-20-8-6-7-19(16-20)34-28(38)36-23-9-2-4-11-25(23)40-26-12-5-3-10-24(26)36/h2-17,23,25H,1H3,(H,34,38)(H,35,37). The Hall–Kier alpha value is -3.34. The summed E-state index contributed by atoms with van der Waals surface area (Å²) in [4.78, 5) is 29.8. The van der Waals surface area contributed by atoms with Crippen molar-refractivity contribution in [3.63, 3.8) is 0 Å². The fraction of sp³-hybridized carbons (Fsp3) is 0.172. The lowest BCUT2D eigenvalue weighted by molar-refractivity contribution is -0.137. The highest BCUT2D eigenvalue weighted by Crippen LogP contribution is 2.44. The predicted octanol–water partition coefficient (Wildman–Crippen LogP) is 8.49. The van der Waals surface area contributed by atoms with Gasteiger partial charge in [-0.3, -0.25) is 9.69 Å². The molecule has 5 nitrogen and oxygen atoms in total. The highest BCUT2D eigenvalue weighted by atomic mass is 35.5. The minimum absolute atomic E-state index is 0.00601. The molecule has 0 saturated carbocycles. The van der Waals surface area contributed by atoms with Crippen LogP contribution in [0.5, 0.6) is 0 Å². The molecule has 3 unspecified atom stereocenters. The number of nitrogens with zero attached hydrogens (tertiary/aromatic N) is 1. The monoisotopic (exact) mass is 601 g/mol. The summed E-state index contributed by atoms with van der Waals surface area (Å²) in [5.41, 5.74) is 0.359. The first-order valence-electron chi connectivity index (χ1n) is 12.3. The Morgan fingerprint density at radius 2 is 1.77 bits per heavy atom. The SMILES string of the molecule is CC(Sc1cccc(NC(=O)N2c3ccccc3SC3C=CC=CC32)c1)C(=O)Nc1cc(C(F)(F)F)ccc1Cl. The highest BCUT2D eigenvalue weighted by molar-refractivity contribution is 8.00. The number of alkyl halides is 3. The summed E-state index contributed by atoms with van der Waals surface area (Å²) in [5.74, 6) is -0.508. The fourth-order valence-corrected chi connectivity index (χ4v) is 6.69. The van der Waals surface area contributed by atoms with E-state index in [-0.39, 0.29) is 28.0 Å². The normalized spacial score (nSPS) is 18.5. The summed E-state index contributed by atoms with van der Waals surface area (Å²) >= 11 is 8.94. The van der Waals surface area contributed by atoms with Gasteiger partial charge in [0, 0.05) is 15.5 Å². The lowest BCUT2D eigenvalue weighted by Gasteiger charge is -2.40. The van der Waals surface area contributed by atoms with Gasteiger partial charge in [0.15, 0.2) is 0 Å². The molecule has 40 heavy (non-hydrogen) atoms. The van der Waals surface area contributed by atoms with E-state index in [9.17, 15) is 22.8 Å². The molecule has 0 fully saturated rings. The van der Waals surface area contributed by atoms with Gasteiger partial charge in [-0.1, -0.05) is 54.1 Å². The second kappa shape index (κ2) is 11.6. The molecule has 0 saturated heterocycles. The molecule has 1 aliphatic carbocycles. The van der Waals surface area contributed by atoms with Gasteiger partial charge < -0.3 is 10.6 Å². The third-order valence-corrected chi connectivity index (χ3v) is 9.01. The highest BCUT2D eigenvalue weighted by Gasteiger charge is 2.36. The molecule has 206 valence electrons. The lowest BCUT2D eigenvalue weighted by atomic mass is 10.1. The van der Waals surface area contributed by atoms with Crippen LogP contribution in [-0.4, -0.2) is 28.5 Å². The third kappa shape index (κ3) is 6.19. The molecule has 0 radical (unpaired) electrons. The fourth-order valence-electron chi connectivity index (χ4n) is 4.35. The number of fused-ring (bicyclic) bond motifs is 2. The summed E-state index contributed by atoms with van der Waals surface area (Å²) in [6, 6.07) is 17.2. The number of allylic oxidation sites excluding steroid dienone is 2. The number of hydrogen-bond acceptors (Lipinski definition) is 4. The second-order valence-corrected chi connectivity index (χ2v) is 12.1. The Morgan fingerprint density at radius 3 is 2.58 bits per heavy atom. The molecule has 1 aliphatic heterocycles. The van der Waals surface area contributed by atoms with Crippen molar-refractivity contribution in [2.24, 2.45) is 0 Å². The van der Waals surface area contributed by atoms with Crippen molar-refractivity contribution in [1.82, 2.24) is 0 Å². The summed E-state index contributed by atoms with van der Waals surface area (Å²) in [5, 5.41) is 4.90. The zero-order chi connectivity index (χ0) is 28.4. The molecule has 3 aromatic carbocycles. The number of hydrogen-bond donors (Lipinski definition) is 2. The number of thioether (sulfide) groups is 2. The van der Waals surface area contributed by atoms with Crippen molar-refractivity contribution in [1.29, 1.82) is 0 Å². The Balaban J connectivity index is 1.28. The van der Waals surface area contributed by atoms with Gasteiger partial charge in [-0.05, 0) is 55.5 Å². The van der Waals surface area contributed by atoms with E-state index in [0.717, 1.165) is 28.8 Å². The van der Waals surface area contributed by atoms with Crippen molar-refractivity contribution in [3.05, 3.63) is 102 Å². The van der Waals surface area contributed by atoms with Crippen LogP contribution in [0.25, 0.3) is 0 Å². The summed E-state index contributed by atoms with van der Waals surface area (Å²) in [6.45, 7) is 1.64. The zero-order valence-corrected chi connectivity index (χ0v) is 23.4. The van der Waals surface area contributed by atoms with Crippen molar-refractivity contribution < 1.29 is 22.8 Å². The average Bonchev–Trinajstić information content (AvgIpc) is 2.92. The molecular weight excluding hydrogens is 579 g/mol. The molecule has 5 rings (SSSR count). The molecule has 2 N–H and O–H groups in total. The van der Waals surface area contributed by atoms with Crippen molar-refractivity contribution in [2.75, 3.05) is 15.5 Å². The van der Waals surface area contributed by atoms with E-state index in [2.05, 4.69) is 16.7 Å². The maximum Gasteiger partial charge on any atom is 0.416 e. The number of carbonyl (C=O) groups is 2. The molecule has 2 aliphatic rings. The summed E-state index contributed by atoms with van der Waals surface area (Å²) in [6.07, 6.45) is 3.46. The Kier molecular flexibility index (Phi) is 8.21. The van der Waals surface area contributed by atoms with E-state index in [1.807, 2.05) is 42.5 Å². The number of benzene rings is 3. The molecular formula is C29H23ClF3N3O2S2. The third-order valence-electron chi connectivity index (χ3n) is 6.28. The van der Waals surface area contributed by atoms with Crippen LogP contribution in [0.2, 0.25) is 5.02 Å². The Bertz CT molecular complexity index is 1510. The Morgan fingerprint density at radius 1 is 1.00 bits per heavy atom. The second-order valence-electron chi connectivity index (χ2n) is 9.08. The number of nitrogens with one attached hydrogen (secondary N) is 2. The summed E-state index contributed by atoms with van der Waals surface area (Å²) in [7, 11) is 0. The molecule has 1 heterocycles. The number of para-hydroxylation sites is 1. The van der Waals surface area contributed by atoms with Crippen molar-refractivity contribution in [3.8, 4) is 0 Å². The van der Waals surface area contributed by atoms with Crippen LogP contribution in [-0.2, 0) is 11.0 Å². The van der Waals surface area contributed by atoms with E-state index in [1.165, 1.54) is 11.8 Å². The van der Waals surface area contributed by atoms with Crippen LogP contribution in [0, 0.1) is 0 Å². The first kappa shape index (κ1) is 28.2. The number of carbonyl (C=O) groups excluding carboxylic acids is 2. The zero-order valence-electron chi connectivity index (χ0n) is 21.0. The quantitative estimate of drug-likeness (QED) is 0.288.